The van der Waals surface area contributed by atoms with Crippen molar-refractivity contribution in [2.75, 3.05) is 4.90 Å². The zero-order valence-electron chi connectivity index (χ0n) is 11.6. The lowest BCUT2D eigenvalue weighted by molar-refractivity contribution is -0.137. The second-order valence-corrected chi connectivity index (χ2v) is 5.86. The Hall–Kier alpha value is -1.88. The summed E-state index contributed by atoms with van der Waals surface area (Å²) in [6, 6.07) is 5.97. The maximum atomic E-state index is 12.6. The molecule has 0 bridgehead atoms. The van der Waals surface area contributed by atoms with Crippen LogP contribution in [0.25, 0.3) is 0 Å². The first kappa shape index (κ1) is 14.1. The van der Waals surface area contributed by atoms with E-state index in [1.165, 1.54) is 6.92 Å². The van der Waals surface area contributed by atoms with Crippen molar-refractivity contribution in [3.05, 3.63) is 29.3 Å². The molecular weight excluding hydrogens is 292 g/mol. The summed E-state index contributed by atoms with van der Waals surface area (Å²) >= 11 is 5.82. The van der Waals surface area contributed by atoms with Crippen LogP contribution in [0.1, 0.15) is 26.2 Å². The van der Waals surface area contributed by atoms with Crippen molar-refractivity contribution in [3.8, 4) is 0 Å². The molecule has 1 unspecified atom stereocenters. The predicted octanol–water partition coefficient (Wildman–Crippen LogP) is 1.98. The second kappa shape index (κ2) is 5.15. The molecule has 6 heteroatoms. The number of imide groups is 1. The van der Waals surface area contributed by atoms with Crippen molar-refractivity contribution in [1.82, 2.24) is 4.90 Å². The smallest absolute Gasteiger partial charge is 0.257 e. The molecule has 0 spiro atoms. The topological polar surface area (TPSA) is 57.7 Å². The molecule has 1 heterocycles. The molecule has 1 aromatic rings. The average molecular weight is 307 g/mol. The minimum absolute atomic E-state index is 0.0531. The zero-order chi connectivity index (χ0) is 15.1. The van der Waals surface area contributed by atoms with Crippen LogP contribution >= 0.6 is 11.6 Å². The Kier molecular flexibility index (Phi) is 3.45. The maximum absolute atomic E-state index is 12.6. The van der Waals surface area contributed by atoms with Crippen LogP contribution in [0.15, 0.2) is 24.3 Å². The third-order valence-electron chi connectivity index (χ3n) is 3.85. The molecular formula is C15H15ClN2O3. The van der Waals surface area contributed by atoms with Crippen LogP contribution in [0.4, 0.5) is 5.69 Å². The molecule has 0 radical (unpaired) electrons. The minimum Gasteiger partial charge on any atom is -0.327 e. The Balaban J connectivity index is 1.88. The number of carbonyl (C=O) groups is 3. The summed E-state index contributed by atoms with van der Waals surface area (Å²) in [5, 5.41) is 0.540. The summed E-state index contributed by atoms with van der Waals surface area (Å²) in [7, 11) is 0. The Morgan fingerprint density at radius 1 is 1.24 bits per heavy atom. The van der Waals surface area contributed by atoms with Crippen LogP contribution in [0.3, 0.4) is 0 Å². The number of rotatable bonds is 3. The molecule has 1 aliphatic heterocycles. The third-order valence-corrected chi connectivity index (χ3v) is 4.10. The summed E-state index contributed by atoms with van der Waals surface area (Å²) in [6.45, 7) is 1.45. The first-order valence-corrected chi connectivity index (χ1v) is 7.28. The lowest BCUT2D eigenvalue weighted by atomic mass is 10.2. The van der Waals surface area contributed by atoms with E-state index >= 15 is 0 Å². The Bertz CT molecular complexity index is 610. The monoisotopic (exact) mass is 306 g/mol. The Morgan fingerprint density at radius 2 is 1.86 bits per heavy atom. The number of carbonyl (C=O) groups excluding carboxylic acids is 3. The van der Waals surface area contributed by atoms with E-state index in [1.54, 1.807) is 29.2 Å². The van der Waals surface area contributed by atoms with Gasteiger partial charge in [-0.15, -0.1) is 0 Å². The highest BCUT2D eigenvalue weighted by Crippen LogP contribution is 2.34. The molecule has 110 valence electrons. The quantitative estimate of drug-likeness (QED) is 0.802. The SMILES string of the molecule is CC(=O)N(C1CC1)C1CC(=O)N(c2ccc(Cl)cc2)C1=O. The number of hydrogen-bond acceptors (Lipinski definition) is 3. The van der Waals surface area contributed by atoms with Gasteiger partial charge in [-0.05, 0) is 37.1 Å². The maximum Gasteiger partial charge on any atom is 0.257 e. The molecule has 0 aromatic heterocycles. The summed E-state index contributed by atoms with van der Waals surface area (Å²) in [5.41, 5.74) is 0.496. The van der Waals surface area contributed by atoms with E-state index in [2.05, 4.69) is 0 Å². The highest BCUT2D eigenvalue weighted by molar-refractivity contribution is 6.30. The molecule has 2 fully saturated rings. The summed E-state index contributed by atoms with van der Waals surface area (Å²) in [5.74, 6) is -0.759. The van der Waals surface area contributed by atoms with Gasteiger partial charge >= 0.3 is 0 Å². The number of halogens is 1. The fourth-order valence-electron chi connectivity index (χ4n) is 2.78. The van der Waals surface area contributed by atoms with Crippen LogP contribution in [0.5, 0.6) is 0 Å². The molecule has 21 heavy (non-hydrogen) atoms. The van der Waals surface area contributed by atoms with E-state index in [9.17, 15) is 14.4 Å². The van der Waals surface area contributed by atoms with E-state index in [-0.39, 0.29) is 30.2 Å². The van der Waals surface area contributed by atoms with Crippen LogP contribution in [0.2, 0.25) is 5.02 Å². The first-order chi connectivity index (χ1) is 9.99. The number of nitrogens with zero attached hydrogens (tertiary/aromatic N) is 2. The molecule has 5 nitrogen and oxygen atoms in total. The molecule has 3 rings (SSSR count). The number of amides is 3. The number of anilines is 1. The van der Waals surface area contributed by atoms with Gasteiger partial charge in [-0.25, -0.2) is 4.90 Å². The van der Waals surface area contributed by atoms with Gasteiger partial charge in [0.05, 0.1) is 12.1 Å². The average Bonchev–Trinajstić information content (AvgIpc) is 3.20. The standard InChI is InChI=1S/C15H15ClN2O3/c1-9(19)17(11-6-7-11)13-8-14(20)18(15(13)21)12-4-2-10(16)3-5-12/h2-5,11,13H,6-8H2,1H3. The van der Waals surface area contributed by atoms with Gasteiger partial charge in [0, 0.05) is 18.0 Å². The number of hydrogen-bond donors (Lipinski definition) is 0. The minimum atomic E-state index is -0.668. The van der Waals surface area contributed by atoms with Crippen molar-refractivity contribution < 1.29 is 14.4 Å². The third kappa shape index (κ3) is 2.53. The largest absolute Gasteiger partial charge is 0.327 e. The van der Waals surface area contributed by atoms with E-state index in [0.29, 0.717) is 10.7 Å². The summed E-state index contributed by atoms with van der Waals surface area (Å²) in [4.78, 5) is 39.2. The highest BCUT2D eigenvalue weighted by Gasteiger charge is 2.47. The number of benzene rings is 1. The van der Waals surface area contributed by atoms with Gasteiger partial charge in [0.1, 0.15) is 6.04 Å². The van der Waals surface area contributed by atoms with E-state index in [0.717, 1.165) is 17.7 Å². The summed E-state index contributed by atoms with van der Waals surface area (Å²) < 4.78 is 0. The van der Waals surface area contributed by atoms with Crippen LogP contribution in [0, 0.1) is 0 Å². The first-order valence-electron chi connectivity index (χ1n) is 6.90. The van der Waals surface area contributed by atoms with Crippen molar-refractivity contribution in [1.29, 1.82) is 0 Å². The predicted molar refractivity (Wildman–Crippen MR) is 77.9 cm³/mol. The van der Waals surface area contributed by atoms with Gasteiger partial charge in [-0.2, -0.15) is 0 Å². The molecule has 1 aliphatic carbocycles. The van der Waals surface area contributed by atoms with Crippen LogP contribution < -0.4 is 4.90 Å². The molecule has 2 aliphatic rings. The van der Waals surface area contributed by atoms with Crippen molar-refractivity contribution in [2.45, 2.75) is 38.3 Å². The molecule has 0 N–H and O–H groups in total. The van der Waals surface area contributed by atoms with Gasteiger partial charge in [0.15, 0.2) is 0 Å². The van der Waals surface area contributed by atoms with Crippen molar-refractivity contribution in [2.24, 2.45) is 0 Å². The van der Waals surface area contributed by atoms with Crippen LogP contribution in [-0.4, -0.2) is 34.7 Å². The molecule has 3 amide bonds. The van der Waals surface area contributed by atoms with Gasteiger partial charge in [-0.3, -0.25) is 14.4 Å². The van der Waals surface area contributed by atoms with Gasteiger partial charge < -0.3 is 4.90 Å². The van der Waals surface area contributed by atoms with E-state index in [4.69, 9.17) is 11.6 Å². The lowest BCUT2D eigenvalue weighted by Gasteiger charge is -2.26. The Morgan fingerprint density at radius 3 is 2.38 bits per heavy atom. The molecule has 1 saturated carbocycles. The van der Waals surface area contributed by atoms with Crippen molar-refractivity contribution in [3.63, 3.8) is 0 Å². The normalized spacial score (nSPS) is 21.8. The van der Waals surface area contributed by atoms with Crippen LogP contribution in [-0.2, 0) is 14.4 Å². The second-order valence-electron chi connectivity index (χ2n) is 5.42. The molecule has 1 atom stereocenters. The van der Waals surface area contributed by atoms with Gasteiger partial charge in [0.2, 0.25) is 11.8 Å². The fourth-order valence-corrected chi connectivity index (χ4v) is 2.90. The van der Waals surface area contributed by atoms with E-state index in [1.807, 2.05) is 0 Å². The lowest BCUT2D eigenvalue weighted by Crippen LogP contribution is -2.45. The zero-order valence-corrected chi connectivity index (χ0v) is 12.3. The highest BCUT2D eigenvalue weighted by atomic mass is 35.5. The summed E-state index contributed by atoms with van der Waals surface area (Å²) in [6.07, 6.45) is 1.86. The Labute approximate surface area is 127 Å². The molecule has 1 aromatic carbocycles. The van der Waals surface area contributed by atoms with Crippen molar-refractivity contribution >= 4 is 35.0 Å². The van der Waals surface area contributed by atoms with Gasteiger partial charge in [0.25, 0.3) is 5.91 Å². The van der Waals surface area contributed by atoms with E-state index < -0.39 is 6.04 Å². The molecule has 1 saturated heterocycles. The fraction of sp³-hybridized carbons (Fsp3) is 0.400. The van der Waals surface area contributed by atoms with Gasteiger partial charge in [-0.1, -0.05) is 11.6 Å².